The number of hydrogen-bond donors (Lipinski definition) is 0. The quantitative estimate of drug-likeness (QED) is 0.363. The molecular weight excluding hydrogens is 311 g/mol. The van der Waals surface area contributed by atoms with E-state index in [1.165, 1.54) is 6.08 Å². The maximum Gasteiger partial charge on any atom is 0.647 e. The van der Waals surface area contributed by atoms with E-state index in [2.05, 4.69) is 13.2 Å². The first kappa shape index (κ1) is 16.7. The van der Waals surface area contributed by atoms with E-state index in [-0.39, 0.29) is 5.76 Å². The Kier molecular flexibility index (Phi) is 5.84. The minimum Gasteiger partial charge on any atom is -0.387 e. The number of phosphoric ester groups is 1. The van der Waals surface area contributed by atoms with E-state index in [1.54, 1.807) is 60.7 Å². The first-order valence-electron chi connectivity index (χ1n) is 6.88. The molecule has 0 N–H and O–H groups in total. The van der Waals surface area contributed by atoms with Gasteiger partial charge in [0.25, 0.3) is 0 Å². The van der Waals surface area contributed by atoms with E-state index in [0.717, 1.165) is 0 Å². The number of rotatable bonds is 8. The van der Waals surface area contributed by atoms with Gasteiger partial charge in [0.2, 0.25) is 0 Å². The Balaban J connectivity index is 2.22. The zero-order valence-corrected chi connectivity index (χ0v) is 13.4. The molecule has 0 aliphatic heterocycles. The molecule has 0 atom stereocenters. The molecule has 118 valence electrons. The van der Waals surface area contributed by atoms with Crippen LogP contribution in [0.4, 0.5) is 0 Å². The minimum absolute atomic E-state index is 0.139. The molecule has 0 aromatic heterocycles. The van der Waals surface area contributed by atoms with Gasteiger partial charge in [0.15, 0.2) is 0 Å². The van der Waals surface area contributed by atoms with Gasteiger partial charge in [-0.25, -0.2) is 0 Å². The van der Waals surface area contributed by atoms with Crippen molar-refractivity contribution in [2.24, 2.45) is 0 Å². The Morgan fingerprint density at radius 3 is 1.83 bits per heavy atom. The summed E-state index contributed by atoms with van der Waals surface area (Å²) in [6.07, 6.45) is 4.68. The van der Waals surface area contributed by atoms with Crippen LogP contribution >= 0.6 is 7.82 Å². The van der Waals surface area contributed by atoms with E-state index in [1.807, 2.05) is 12.1 Å². The number of benzene rings is 2. The van der Waals surface area contributed by atoms with Crippen LogP contribution in [-0.4, -0.2) is 0 Å². The van der Waals surface area contributed by atoms with Crippen molar-refractivity contribution in [1.29, 1.82) is 0 Å². The number of phosphoric acid groups is 1. The molecule has 4 nitrogen and oxygen atoms in total. The molecule has 0 fully saturated rings. The van der Waals surface area contributed by atoms with E-state index < -0.39 is 7.82 Å². The summed E-state index contributed by atoms with van der Waals surface area (Å²) in [7, 11) is -3.94. The second-order valence-corrected chi connectivity index (χ2v) is 5.85. The molecule has 0 bridgehead atoms. The molecule has 5 heteroatoms. The van der Waals surface area contributed by atoms with Crippen LogP contribution in [-0.2, 0) is 9.09 Å². The molecule has 0 heterocycles. The van der Waals surface area contributed by atoms with Gasteiger partial charge in [-0.05, 0) is 30.3 Å². The van der Waals surface area contributed by atoms with Crippen LogP contribution in [0.1, 0.15) is 0 Å². The lowest BCUT2D eigenvalue weighted by molar-refractivity contribution is 0.263. The Morgan fingerprint density at radius 1 is 0.913 bits per heavy atom. The van der Waals surface area contributed by atoms with Crippen molar-refractivity contribution in [1.82, 2.24) is 0 Å². The second kappa shape index (κ2) is 8.06. The van der Waals surface area contributed by atoms with E-state index >= 15 is 0 Å². The highest BCUT2D eigenvalue weighted by Crippen LogP contribution is 2.51. The van der Waals surface area contributed by atoms with Crippen LogP contribution in [0.25, 0.3) is 0 Å². The molecule has 0 aliphatic rings. The normalized spacial score (nSPS) is 11.0. The molecule has 0 spiro atoms. The summed E-state index contributed by atoms with van der Waals surface area (Å²) in [5.41, 5.74) is 0. The summed E-state index contributed by atoms with van der Waals surface area (Å²) >= 11 is 0. The standard InChI is InChI=1S/C18H17O4P/c1-3-4-11-16(2)20-23(19,21-17-12-7-5-8-13-17)22-18-14-9-6-10-15-18/h3-15H,1-2H2/b11-4-. The molecule has 0 aliphatic carbocycles. The van der Waals surface area contributed by atoms with Crippen LogP contribution in [0.2, 0.25) is 0 Å². The maximum absolute atomic E-state index is 12.9. The average Bonchev–Trinajstić information content (AvgIpc) is 2.54. The summed E-state index contributed by atoms with van der Waals surface area (Å²) < 4.78 is 29.2. The van der Waals surface area contributed by atoms with Crippen LogP contribution in [0.5, 0.6) is 11.5 Å². The van der Waals surface area contributed by atoms with Gasteiger partial charge in [0, 0.05) is 0 Å². The number of para-hydroxylation sites is 2. The van der Waals surface area contributed by atoms with Crippen molar-refractivity contribution >= 4 is 7.82 Å². The molecule has 0 amide bonds. The predicted octanol–water partition coefficient (Wildman–Crippen LogP) is 5.53. The van der Waals surface area contributed by atoms with Crippen LogP contribution in [0, 0.1) is 0 Å². The molecule has 0 unspecified atom stereocenters. The topological polar surface area (TPSA) is 44.8 Å². The third kappa shape index (κ3) is 5.53. The van der Waals surface area contributed by atoms with Gasteiger partial charge < -0.3 is 13.6 Å². The zero-order chi connectivity index (χ0) is 16.5. The molecule has 0 saturated carbocycles. The van der Waals surface area contributed by atoms with Gasteiger partial charge in [-0.3, -0.25) is 0 Å². The highest BCUT2D eigenvalue weighted by molar-refractivity contribution is 7.49. The fourth-order valence-electron chi connectivity index (χ4n) is 1.63. The van der Waals surface area contributed by atoms with Crippen molar-refractivity contribution in [3.63, 3.8) is 0 Å². The Hall–Kier alpha value is -2.71. The van der Waals surface area contributed by atoms with Crippen molar-refractivity contribution in [2.75, 3.05) is 0 Å². The highest BCUT2D eigenvalue weighted by Gasteiger charge is 2.33. The first-order chi connectivity index (χ1) is 11.1. The Labute approximate surface area is 135 Å². The molecule has 2 aromatic carbocycles. The third-order valence-electron chi connectivity index (χ3n) is 2.57. The Morgan fingerprint density at radius 2 is 1.39 bits per heavy atom. The van der Waals surface area contributed by atoms with Crippen LogP contribution in [0.15, 0.2) is 97.8 Å². The monoisotopic (exact) mass is 328 g/mol. The second-order valence-electron chi connectivity index (χ2n) is 4.41. The molecule has 2 aromatic rings. The fourth-order valence-corrected chi connectivity index (χ4v) is 2.85. The lowest BCUT2D eigenvalue weighted by Crippen LogP contribution is -2.04. The minimum atomic E-state index is -3.94. The summed E-state index contributed by atoms with van der Waals surface area (Å²) in [5.74, 6) is 0.875. The van der Waals surface area contributed by atoms with Gasteiger partial charge in [-0.15, -0.1) is 0 Å². The largest absolute Gasteiger partial charge is 0.647 e. The summed E-state index contributed by atoms with van der Waals surface area (Å²) in [6, 6.07) is 17.3. The highest BCUT2D eigenvalue weighted by atomic mass is 31.2. The van der Waals surface area contributed by atoms with Crippen molar-refractivity contribution in [2.45, 2.75) is 0 Å². The summed E-state index contributed by atoms with van der Waals surface area (Å²) in [6.45, 7) is 7.22. The lowest BCUT2D eigenvalue weighted by atomic mass is 10.3. The molecule has 0 saturated heterocycles. The maximum atomic E-state index is 12.9. The third-order valence-corrected chi connectivity index (χ3v) is 3.90. The molecule has 0 radical (unpaired) electrons. The molecule has 2 rings (SSSR count). The van der Waals surface area contributed by atoms with Crippen LogP contribution in [0.3, 0.4) is 0 Å². The van der Waals surface area contributed by atoms with E-state index in [4.69, 9.17) is 13.6 Å². The summed E-state index contributed by atoms with van der Waals surface area (Å²) in [5, 5.41) is 0. The number of allylic oxidation sites excluding steroid dienone is 3. The Bertz CT molecular complexity index is 678. The van der Waals surface area contributed by atoms with E-state index in [9.17, 15) is 4.57 Å². The van der Waals surface area contributed by atoms with Crippen molar-refractivity contribution in [3.8, 4) is 11.5 Å². The SMILES string of the molecule is C=C/C=C\C(=C)OP(=O)(Oc1ccccc1)Oc1ccccc1. The smallest absolute Gasteiger partial charge is 0.387 e. The predicted molar refractivity (Wildman–Crippen MR) is 91.3 cm³/mol. The zero-order valence-electron chi connectivity index (χ0n) is 12.5. The number of hydrogen-bond acceptors (Lipinski definition) is 4. The van der Waals surface area contributed by atoms with Gasteiger partial charge in [0.05, 0.1) is 0 Å². The van der Waals surface area contributed by atoms with E-state index in [0.29, 0.717) is 11.5 Å². The van der Waals surface area contributed by atoms with Gasteiger partial charge >= 0.3 is 7.82 Å². The average molecular weight is 328 g/mol. The molecule has 23 heavy (non-hydrogen) atoms. The van der Waals surface area contributed by atoms with Gasteiger partial charge in [-0.1, -0.05) is 61.7 Å². The van der Waals surface area contributed by atoms with Gasteiger partial charge in [-0.2, -0.15) is 4.57 Å². The first-order valence-corrected chi connectivity index (χ1v) is 8.34. The van der Waals surface area contributed by atoms with Gasteiger partial charge in [0.1, 0.15) is 17.3 Å². The van der Waals surface area contributed by atoms with Crippen LogP contribution < -0.4 is 9.05 Å². The molecular formula is C18H17O4P. The van der Waals surface area contributed by atoms with Crippen molar-refractivity contribution in [3.05, 3.63) is 97.8 Å². The van der Waals surface area contributed by atoms with Crippen molar-refractivity contribution < 1.29 is 18.1 Å². The summed E-state index contributed by atoms with van der Waals surface area (Å²) in [4.78, 5) is 0. The fraction of sp³-hybridized carbons (Fsp3) is 0. The lowest BCUT2D eigenvalue weighted by Gasteiger charge is -2.19.